The molecule has 0 saturated heterocycles. The summed E-state index contributed by atoms with van der Waals surface area (Å²) in [5.74, 6) is -0.0228. The van der Waals surface area contributed by atoms with Gasteiger partial charge in [0, 0.05) is 6.61 Å². The Bertz CT molecular complexity index is 515. The van der Waals surface area contributed by atoms with Crippen LogP contribution in [-0.4, -0.2) is 27.4 Å². The summed E-state index contributed by atoms with van der Waals surface area (Å²) in [5, 5.41) is 8.66. The lowest BCUT2D eigenvalue weighted by molar-refractivity contribution is 0.144. The van der Waals surface area contributed by atoms with Crippen LogP contribution in [0.4, 0.5) is 0 Å². The highest BCUT2D eigenvalue weighted by Gasteiger charge is 2.13. The van der Waals surface area contributed by atoms with Gasteiger partial charge in [-0.2, -0.15) is 5.26 Å². The van der Waals surface area contributed by atoms with Crippen molar-refractivity contribution in [2.75, 3.05) is 19.0 Å². The van der Waals surface area contributed by atoms with Crippen molar-refractivity contribution in [1.82, 2.24) is 0 Å². The summed E-state index contributed by atoms with van der Waals surface area (Å²) >= 11 is 0. The van der Waals surface area contributed by atoms with Crippen LogP contribution in [0.25, 0.3) is 0 Å². The smallest absolute Gasteiger partial charge is 0.180 e. The third-order valence-corrected chi connectivity index (χ3v) is 4.43. The predicted octanol–water partition coefficient (Wildman–Crippen LogP) is 2.54. The SMILES string of the molecule is CCCCCOCCS(=O)(=O)c1ccc(C#N)cc1. The summed E-state index contributed by atoms with van der Waals surface area (Å²) in [6, 6.07) is 7.90. The lowest BCUT2D eigenvalue weighted by Crippen LogP contribution is -2.13. The number of hydrogen-bond donors (Lipinski definition) is 0. The zero-order valence-electron chi connectivity index (χ0n) is 11.1. The molecule has 0 radical (unpaired) electrons. The van der Waals surface area contributed by atoms with Crippen molar-refractivity contribution < 1.29 is 13.2 Å². The Morgan fingerprint density at radius 1 is 1.16 bits per heavy atom. The molecule has 0 heterocycles. The molecule has 0 aromatic heterocycles. The second-order valence-corrected chi connectivity index (χ2v) is 6.38. The van der Waals surface area contributed by atoms with Gasteiger partial charge in [0.25, 0.3) is 0 Å². The van der Waals surface area contributed by atoms with Crippen LogP contribution < -0.4 is 0 Å². The first kappa shape index (κ1) is 15.7. The maximum Gasteiger partial charge on any atom is 0.180 e. The van der Waals surface area contributed by atoms with E-state index in [1.807, 2.05) is 6.07 Å². The van der Waals surface area contributed by atoms with E-state index in [1.54, 1.807) is 0 Å². The molecule has 0 fully saturated rings. The van der Waals surface area contributed by atoms with Gasteiger partial charge in [0.2, 0.25) is 0 Å². The molecule has 1 aromatic rings. The van der Waals surface area contributed by atoms with Crippen molar-refractivity contribution in [2.45, 2.75) is 31.1 Å². The highest BCUT2D eigenvalue weighted by molar-refractivity contribution is 7.91. The number of nitriles is 1. The molecule has 5 heteroatoms. The average Bonchev–Trinajstić information content (AvgIpc) is 2.43. The van der Waals surface area contributed by atoms with Gasteiger partial charge in [0.1, 0.15) is 0 Å². The summed E-state index contributed by atoms with van der Waals surface area (Å²) in [4.78, 5) is 0.239. The fraction of sp³-hybridized carbons (Fsp3) is 0.500. The van der Waals surface area contributed by atoms with E-state index in [-0.39, 0.29) is 17.3 Å². The van der Waals surface area contributed by atoms with E-state index < -0.39 is 9.84 Å². The molecule has 0 amide bonds. The first-order valence-electron chi connectivity index (χ1n) is 6.41. The fourth-order valence-corrected chi connectivity index (χ4v) is 2.70. The first-order valence-corrected chi connectivity index (χ1v) is 8.06. The molecule has 0 atom stereocenters. The Balaban J connectivity index is 2.45. The van der Waals surface area contributed by atoms with Gasteiger partial charge < -0.3 is 4.74 Å². The highest BCUT2D eigenvalue weighted by atomic mass is 32.2. The zero-order chi connectivity index (χ0) is 14.1. The van der Waals surface area contributed by atoms with Gasteiger partial charge in [-0.1, -0.05) is 19.8 Å². The van der Waals surface area contributed by atoms with Gasteiger partial charge in [-0.3, -0.25) is 0 Å². The van der Waals surface area contributed by atoms with Crippen LogP contribution in [0.15, 0.2) is 29.2 Å². The van der Waals surface area contributed by atoms with Gasteiger partial charge in [-0.15, -0.1) is 0 Å². The van der Waals surface area contributed by atoms with Crippen LogP contribution in [0.3, 0.4) is 0 Å². The molecule has 104 valence electrons. The largest absolute Gasteiger partial charge is 0.380 e. The number of benzene rings is 1. The third-order valence-electron chi connectivity index (χ3n) is 2.73. The summed E-state index contributed by atoms with van der Waals surface area (Å²) < 4.78 is 29.2. The molecule has 19 heavy (non-hydrogen) atoms. The average molecular weight is 281 g/mol. The Labute approximate surface area is 114 Å². The van der Waals surface area contributed by atoms with Crippen molar-refractivity contribution in [3.8, 4) is 6.07 Å². The molecule has 4 nitrogen and oxygen atoms in total. The second kappa shape index (κ2) is 7.93. The van der Waals surface area contributed by atoms with Gasteiger partial charge in [0.15, 0.2) is 9.84 Å². The standard InChI is InChI=1S/C14H19NO3S/c1-2-3-4-9-18-10-11-19(16,17)14-7-5-13(12-15)6-8-14/h5-8H,2-4,9-11H2,1H3. The minimum atomic E-state index is -3.31. The van der Waals surface area contributed by atoms with E-state index in [9.17, 15) is 8.42 Å². The van der Waals surface area contributed by atoms with E-state index in [0.29, 0.717) is 12.2 Å². The molecule has 0 spiro atoms. The fourth-order valence-electron chi connectivity index (χ4n) is 1.58. The zero-order valence-corrected chi connectivity index (χ0v) is 11.9. The second-order valence-electron chi connectivity index (χ2n) is 4.27. The topological polar surface area (TPSA) is 67.2 Å². The van der Waals surface area contributed by atoms with E-state index in [2.05, 4.69) is 6.92 Å². The lowest BCUT2D eigenvalue weighted by atomic mass is 10.2. The van der Waals surface area contributed by atoms with Crippen LogP contribution in [0.2, 0.25) is 0 Å². The predicted molar refractivity (Wildman–Crippen MR) is 73.6 cm³/mol. The Hall–Kier alpha value is -1.38. The summed E-state index contributed by atoms with van der Waals surface area (Å²) in [5.41, 5.74) is 0.453. The summed E-state index contributed by atoms with van der Waals surface area (Å²) in [7, 11) is -3.31. The molecule has 0 aliphatic rings. The maximum absolute atomic E-state index is 12.0. The molecule has 1 rings (SSSR count). The Morgan fingerprint density at radius 3 is 2.42 bits per heavy atom. The molecule has 0 N–H and O–H groups in total. The normalized spacial score (nSPS) is 11.2. The summed E-state index contributed by atoms with van der Waals surface area (Å²) in [6.45, 7) is 2.93. The molecular weight excluding hydrogens is 262 g/mol. The van der Waals surface area contributed by atoms with E-state index >= 15 is 0 Å². The Morgan fingerprint density at radius 2 is 1.84 bits per heavy atom. The lowest BCUT2D eigenvalue weighted by Gasteiger charge is -2.06. The molecule has 0 saturated carbocycles. The minimum Gasteiger partial charge on any atom is -0.380 e. The van der Waals surface area contributed by atoms with Crippen LogP contribution in [-0.2, 0) is 14.6 Å². The molecule has 0 bridgehead atoms. The number of ether oxygens (including phenoxy) is 1. The first-order chi connectivity index (χ1) is 9.10. The van der Waals surface area contributed by atoms with E-state index in [0.717, 1.165) is 19.3 Å². The van der Waals surface area contributed by atoms with Gasteiger partial charge in [0.05, 0.1) is 28.9 Å². The number of unbranched alkanes of at least 4 members (excludes halogenated alkanes) is 2. The van der Waals surface area contributed by atoms with Crippen molar-refractivity contribution in [2.24, 2.45) is 0 Å². The molecule has 0 unspecified atom stereocenters. The van der Waals surface area contributed by atoms with Crippen molar-refractivity contribution in [3.05, 3.63) is 29.8 Å². The molecular formula is C14H19NO3S. The maximum atomic E-state index is 12.0. The van der Waals surface area contributed by atoms with Gasteiger partial charge in [-0.25, -0.2) is 8.42 Å². The molecule has 1 aromatic carbocycles. The number of rotatable bonds is 8. The van der Waals surface area contributed by atoms with Crippen LogP contribution in [0.1, 0.15) is 31.7 Å². The van der Waals surface area contributed by atoms with Crippen molar-refractivity contribution in [1.29, 1.82) is 5.26 Å². The van der Waals surface area contributed by atoms with Gasteiger partial charge >= 0.3 is 0 Å². The number of hydrogen-bond acceptors (Lipinski definition) is 4. The number of sulfone groups is 1. The van der Waals surface area contributed by atoms with Crippen molar-refractivity contribution in [3.63, 3.8) is 0 Å². The van der Waals surface area contributed by atoms with Crippen LogP contribution in [0, 0.1) is 11.3 Å². The highest BCUT2D eigenvalue weighted by Crippen LogP contribution is 2.12. The molecule has 0 aliphatic carbocycles. The third kappa shape index (κ3) is 5.41. The van der Waals surface area contributed by atoms with Gasteiger partial charge in [-0.05, 0) is 30.7 Å². The van der Waals surface area contributed by atoms with E-state index in [4.69, 9.17) is 10.00 Å². The van der Waals surface area contributed by atoms with E-state index in [1.165, 1.54) is 24.3 Å². The molecule has 0 aliphatic heterocycles. The summed E-state index contributed by atoms with van der Waals surface area (Å²) in [6.07, 6.45) is 3.18. The monoisotopic (exact) mass is 281 g/mol. The van der Waals surface area contributed by atoms with Crippen LogP contribution >= 0.6 is 0 Å². The van der Waals surface area contributed by atoms with Crippen LogP contribution in [0.5, 0.6) is 0 Å². The Kier molecular flexibility index (Phi) is 6.54. The minimum absolute atomic E-state index is 0.0228. The number of nitrogens with zero attached hydrogens (tertiary/aromatic N) is 1. The quantitative estimate of drug-likeness (QED) is 0.687. The van der Waals surface area contributed by atoms with Crippen molar-refractivity contribution >= 4 is 9.84 Å².